The lowest BCUT2D eigenvalue weighted by molar-refractivity contribution is -0.116. The number of halogens is 1. The van der Waals surface area contributed by atoms with Crippen LogP contribution in [-0.4, -0.2) is 16.7 Å². The van der Waals surface area contributed by atoms with Crippen LogP contribution >= 0.6 is 15.9 Å². The van der Waals surface area contributed by atoms with Gasteiger partial charge in [0.25, 0.3) is 0 Å². The van der Waals surface area contributed by atoms with Crippen LogP contribution in [0.25, 0.3) is 5.76 Å². The van der Waals surface area contributed by atoms with E-state index in [1.54, 1.807) is 0 Å². The van der Waals surface area contributed by atoms with Gasteiger partial charge in [0.2, 0.25) is 0 Å². The Hall–Kier alpha value is -3.44. The van der Waals surface area contributed by atoms with Gasteiger partial charge < -0.3 is 5.11 Å². The van der Waals surface area contributed by atoms with Gasteiger partial charge in [-0.2, -0.15) is 0 Å². The molecule has 0 spiro atoms. The van der Waals surface area contributed by atoms with Gasteiger partial charge in [-0.3, -0.25) is 15.1 Å². The number of amidine groups is 1. The van der Waals surface area contributed by atoms with Gasteiger partial charge >= 0.3 is 0 Å². The van der Waals surface area contributed by atoms with E-state index in [-0.39, 0.29) is 17.4 Å². The molecule has 5 rings (SSSR count). The first-order chi connectivity index (χ1) is 16.5. The number of allylic oxidation sites excluding steroid dienone is 2. The van der Waals surface area contributed by atoms with E-state index >= 15 is 0 Å². The Morgan fingerprint density at radius 1 is 0.971 bits per heavy atom. The fourth-order valence-corrected chi connectivity index (χ4v) is 5.18. The molecule has 0 aromatic heterocycles. The summed E-state index contributed by atoms with van der Waals surface area (Å²) in [5.74, 6) is -0.187. The van der Waals surface area contributed by atoms with Crippen molar-refractivity contribution in [2.75, 3.05) is 4.90 Å². The van der Waals surface area contributed by atoms with Gasteiger partial charge in [0.05, 0.1) is 0 Å². The van der Waals surface area contributed by atoms with Gasteiger partial charge in [-0.05, 0) is 49.6 Å². The predicted octanol–water partition coefficient (Wildman–Crippen LogP) is 7.31. The molecule has 1 atom stereocenters. The first kappa shape index (κ1) is 22.4. The highest BCUT2D eigenvalue weighted by atomic mass is 79.9. The summed E-state index contributed by atoms with van der Waals surface area (Å²) in [6.07, 6.45) is 1.94. The molecule has 3 aromatic rings. The van der Waals surface area contributed by atoms with E-state index in [1.165, 1.54) is 0 Å². The molecule has 3 aromatic carbocycles. The van der Waals surface area contributed by atoms with Crippen LogP contribution in [0.1, 0.15) is 41.9 Å². The molecule has 34 heavy (non-hydrogen) atoms. The third-order valence-corrected chi connectivity index (χ3v) is 7.08. The fraction of sp³-hybridized carbons (Fsp3) is 0.172. The Labute approximate surface area is 207 Å². The van der Waals surface area contributed by atoms with E-state index < -0.39 is 5.92 Å². The van der Waals surface area contributed by atoms with Crippen LogP contribution in [0.15, 0.2) is 100 Å². The van der Waals surface area contributed by atoms with E-state index in [0.29, 0.717) is 29.6 Å². The SMILES string of the molecule is Cc1ccc(C2C3=C(CCCC3=O)N(c3ccc(Br)cc3)C(=N)/C2=C(/O)c2ccccc2)cc1. The van der Waals surface area contributed by atoms with Crippen molar-refractivity contribution in [1.29, 1.82) is 5.41 Å². The van der Waals surface area contributed by atoms with Crippen molar-refractivity contribution in [3.63, 3.8) is 0 Å². The van der Waals surface area contributed by atoms with Crippen molar-refractivity contribution in [3.8, 4) is 0 Å². The lowest BCUT2D eigenvalue weighted by Crippen LogP contribution is -2.42. The number of carbonyl (C=O) groups excluding carboxylic acids is 1. The van der Waals surface area contributed by atoms with Crippen LogP contribution in [-0.2, 0) is 4.79 Å². The molecule has 170 valence electrons. The topological polar surface area (TPSA) is 64.4 Å². The molecule has 0 amide bonds. The Kier molecular flexibility index (Phi) is 5.96. The first-order valence-corrected chi connectivity index (χ1v) is 12.2. The van der Waals surface area contributed by atoms with E-state index in [2.05, 4.69) is 15.9 Å². The highest BCUT2D eigenvalue weighted by Gasteiger charge is 2.43. The van der Waals surface area contributed by atoms with Gasteiger partial charge in [0, 0.05) is 44.9 Å². The van der Waals surface area contributed by atoms with E-state index in [1.807, 2.05) is 90.7 Å². The number of aliphatic hydroxyl groups is 1. The molecule has 1 aliphatic carbocycles. The molecular formula is C29H25BrN2O2. The average Bonchev–Trinajstić information content (AvgIpc) is 2.85. The van der Waals surface area contributed by atoms with Gasteiger partial charge in [-0.1, -0.05) is 76.1 Å². The monoisotopic (exact) mass is 512 g/mol. The average molecular weight is 513 g/mol. The lowest BCUT2D eigenvalue weighted by atomic mass is 9.73. The number of nitrogens with zero attached hydrogens (tertiary/aromatic N) is 1. The Morgan fingerprint density at radius 2 is 1.65 bits per heavy atom. The molecule has 2 N–H and O–H groups in total. The number of aryl methyl sites for hydroxylation is 1. The van der Waals surface area contributed by atoms with Gasteiger partial charge in [0.15, 0.2) is 5.78 Å². The quantitative estimate of drug-likeness (QED) is 0.361. The van der Waals surface area contributed by atoms with Crippen LogP contribution in [0.4, 0.5) is 5.69 Å². The number of hydrogen-bond acceptors (Lipinski definition) is 3. The van der Waals surface area contributed by atoms with Gasteiger partial charge in [0.1, 0.15) is 11.6 Å². The van der Waals surface area contributed by atoms with E-state index in [4.69, 9.17) is 0 Å². The molecule has 1 aliphatic heterocycles. The largest absolute Gasteiger partial charge is 0.507 e. The molecule has 0 fully saturated rings. The van der Waals surface area contributed by atoms with Gasteiger partial charge in [-0.15, -0.1) is 0 Å². The number of hydrogen-bond donors (Lipinski definition) is 2. The minimum absolute atomic E-state index is 0.0308. The fourth-order valence-electron chi connectivity index (χ4n) is 4.91. The number of aliphatic hydroxyl groups excluding tert-OH is 1. The molecule has 5 heteroatoms. The smallest absolute Gasteiger partial charge is 0.161 e. The normalized spacial score (nSPS) is 19.8. The molecule has 0 bridgehead atoms. The minimum atomic E-state index is -0.497. The third kappa shape index (κ3) is 3.90. The van der Waals surface area contributed by atoms with E-state index in [0.717, 1.165) is 33.4 Å². The number of Topliss-reactive ketones (excluding diaryl/α,β-unsaturated/α-hetero) is 1. The minimum Gasteiger partial charge on any atom is -0.507 e. The van der Waals surface area contributed by atoms with Gasteiger partial charge in [-0.25, -0.2) is 0 Å². The molecule has 1 heterocycles. The lowest BCUT2D eigenvalue weighted by Gasteiger charge is -2.41. The molecule has 1 unspecified atom stereocenters. The second-order valence-corrected chi connectivity index (χ2v) is 9.69. The molecule has 0 radical (unpaired) electrons. The summed E-state index contributed by atoms with van der Waals surface area (Å²) in [6, 6.07) is 25.1. The van der Waals surface area contributed by atoms with Crippen LogP contribution in [0.5, 0.6) is 0 Å². The summed E-state index contributed by atoms with van der Waals surface area (Å²) in [5, 5.41) is 20.9. The first-order valence-electron chi connectivity index (χ1n) is 11.4. The number of ketones is 1. The van der Waals surface area contributed by atoms with E-state index in [9.17, 15) is 15.3 Å². The van der Waals surface area contributed by atoms with Crippen molar-refractivity contribution in [1.82, 2.24) is 0 Å². The summed E-state index contributed by atoms with van der Waals surface area (Å²) >= 11 is 3.49. The number of benzene rings is 3. The summed E-state index contributed by atoms with van der Waals surface area (Å²) in [4.78, 5) is 15.3. The number of rotatable bonds is 3. The Balaban J connectivity index is 1.82. The van der Waals surface area contributed by atoms with Crippen LogP contribution in [0.2, 0.25) is 0 Å². The third-order valence-electron chi connectivity index (χ3n) is 6.55. The summed E-state index contributed by atoms with van der Waals surface area (Å²) in [7, 11) is 0. The zero-order chi connectivity index (χ0) is 23.8. The highest BCUT2D eigenvalue weighted by molar-refractivity contribution is 9.10. The predicted molar refractivity (Wildman–Crippen MR) is 140 cm³/mol. The highest BCUT2D eigenvalue weighted by Crippen LogP contribution is 2.47. The molecule has 0 saturated heterocycles. The molecular weight excluding hydrogens is 488 g/mol. The van der Waals surface area contributed by atoms with Crippen LogP contribution in [0, 0.1) is 12.3 Å². The Morgan fingerprint density at radius 3 is 2.32 bits per heavy atom. The van der Waals surface area contributed by atoms with Crippen molar-refractivity contribution < 1.29 is 9.90 Å². The summed E-state index contributed by atoms with van der Waals surface area (Å²) in [6.45, 7) is 2.02. The maximum atomic E-state index is 13.5. The molecule has 2 aliphatic rings. The second kappa shape index (κ2) is 9.07. The maximum absolute atomic E-state index is 13.5. The number of nitrogens with one attached hydrogen (secondary N) is 1. The van der Waals surface area contributed by atoms with Crippen molar-refractivity contribution in [3.05, 3.63) is 117 Å². The van der Waals surface area contributed by atoms with Crippen LogP contribution in [0.3, 0.4) is 0 Å². The van der Waals surface area contributed by atoms with Crippen LogP contribution < -0.4 is 4.90 Å². The van der Waals surface area contributed by atoms with Crippen molar-refractivity contribution in [2.24, 2.45) is 0 Å². The zero-order valence-corrected chi connectivity index (χ0v) is 20.5. The number of carbonyl (C=O) groups is 1. The summed E-state index contributed by atoms with van der Waals surface area (Å²) < 4.78 is 0.939. The number of anilines is 1. The van der Waals surface area contributed by atoms with Crippen molar-refractivity contribution in [2.45, 2.75) is 32.1 Å². The zero-order valence-electron chi connectivity index (χ0n) is 18.9. The maximum Gasteiger partial charge on any atom is 0.161 e. The van der Waals surface area contributed by atoms with Crippen molar-refractivity contribution >= 4 is 39.0 Å². The molecule has 0 saturated carbocycles. The molecule has 4 nitrogen and oxygen atoms in total. The summed E-state index contributed by atoms with van der Waals surface area (Å²) in [5.41, 5.74) is 5.45. The Bertz CT molecular complexity index is 1320. The second-order valence-electron chi connectivity index (χ2n) is 8.77. The standard InChI is InChI=1S/C29H25BrN2O2/c1-18-10-12-19(13-11-18)25-26-23(8-5-9-24(26)33)32(22-16-14-21(30)15-17-22)29(31)27(25)28(34)20-6-3-2-4-7-20/h2-4,6-7,10-17,25,31,34H,5,8-9H2,1H3/b28-27+,31-29?.